The molecule has 0 aromatic heterocycles. The van der Waals surface area contributed by atoms with E-state index in [2.05, 4.69) is 6.92 Å². The second kappa shape index (κ2) is 32.2. The van der Waals surface area contributed by atoms with Crippen LogP contribution in [0.4, 0.5) is 0 Å². The summed E-state index contributed by atoms with van der Waals surface area (Å²) in [7, 11) is 0. The van der Waals surface area contributed by atoms with Gasteiger partial charge in [0.05, 0.1) is 52.8 Å². The molecular formula is C92H150O15. The van der Waals surface area contributed by atoms with Gasteiger partial charge >= 0.3 is 35.8 Å². The van der Waals surface area contributed by atoms with E-state index in [9.17, 15) is 28.8 Å². The third-order valence-electron chi connectivity index (χ3n) is 35.2. The molecule has 22 aliphatic rings. The number of hydrogen-bond donors (Lipinski definition) is 0. The van der Waals surface area contributed by atoms with E-state index in [-0.39, 0.29) is 143 Å². The lowest BCUT2D eigenvalue weighted by atomic mass is 9.55. The van der Waals surface area contributed by atoms with Crippen LogP contribution in [0.25, 0.3) is 0 Å². The standard InChI is InChI=1S/C30H44O5.C29H42O5.C27H40O5.6CH4/c1-4-30(2,3)29(32)35-24-13-18-12-23(24)26-21-10-17(25(18)26)11-22(21)28(31)34-14-33-27-19-6-15-5-16(8-19)9-20(27)7-15;1-3-14(2)28(30)34-24-12-18-11-23(24)26-21-9-17(25(18)26)10-22(21)29(31)33-13-32-27-19-5-15-4-16(7-19)8-20(27)6-15;1-4-27(2,3)26(29)32-22-12-17-11-20(22)24-18-9-16(23(17)24)10-19(18)25(28)31-13-30-21-8-14-5-6-15(21)7-14;;;;;;/h15-27H,4-14H2,1-3H3;14-27H,3-13H2,1-2H3;14-24H,4-13H2,1-3H3;6*1H4. The number of ether oxygens (including phenoxy) is 9. The molecular weight excluding hydrogens is 1340 g/mol. The number of hydrogen-bond acceptors (Lipinski definition) is 15. The maximum Gasteiger partial charge on any atom is 0.311 e. The average Bonchev–Trinajstić information content (AvgIpc) is 1.55. The minimum absolute atomic E-state index is 0. The molecule has 15 nitrogen and oxygen atoms in total. The van der Waals surface area contributed by atoms with E-state index >= 15 is 0 Å². The Balaban J connectivity index is 0.000000146. The van der Waals surface area contributed by atoms with Gasteiger partial charge in [-0.2, -0.15) is 0 Å². The van der Waals surface area contributed by atoms with Gasteiger partial charge in [0.2, 0.25) is 0 Å². The highest BCUT2D eigenvalue weighted by molar-refractivity contribution is 5.77. The van der Waals surface area contributed by atoms with Gasteiger partial charge in [-0.3, -0.25) is 28.8 Å². The topological polar surface area (TPSA) is 185 Å². The zero-order valence-electron chi connectivity index (χ0n) is 62.7. The van der Waals surface area contributed by atoms with Gasteiger partial charge in [-0.1, -0.05) is 72.3 Å². The van der Waals surface area contributed by atoms with Crippen molar-refractivity contribution >= 4 is 35.8 Å². The van der Waals surface area contributed by atoms with E-state index in [1.165, 1.54) is 116 Å². The lowest BCUT2D eigenvalue weighted by molar-refractivity contribution is -0.192. The summed E-state index contributed by atoms with van der Waals surface area (Å²) in [5, 5.41) is 0. The van der Waals surface area contributed by atoms with E-state index in [4.69, 9.17) is 42.6 Å². The predicted molar refractivity (Wildman–Crippen MR) is 413 cm³/mol. The summed E-state index contributed by atoms with van der Waals surface area (Å²) in [6.07, 6.45) is 35.3. The minimum atomic E-state index is -0.417. The summed E-state index contributed by atoms with van der Waals surface area (Å²) >= 11 is 0. The van der Waals surface area contributed by atoms with Crippen LogP contribution in [0.3, 0.4) is 0 Å². The Morgan fingerprint density at radius 2 is 0.636 bits per heavy atom. The molecule has 0 spiro atoms. The maximum atomic E-state index is 13.2. The molecule has 0 radical (unpaired) electrons. The first-order valence-electron chi connectivity index (χ1n) is 42.6. The van der Waals surface area contributed by atoms with Gasteiger partial charge in [0.15, 0.2) is 20.4 Å². The van der Waals surface area contributed by atoms with E-state index < -0.39 is 10.8 Å². The Kier molecular flexibility index (Phi) is 25.0. The first-order valence-corrected chi connectivity index (χ1v) is 42.6. The van der Waals surface area contributed by atoms with Crippen molar-refractivity contribution in [3.05, 3.63) is 0 Å². The molecule has 608 valence electrons. The van der Waals surface area contributed by atoms with Crippen LogP contribution in [-0.2, 0) is 71.4 Å². The second-order valence-electron chi connectivity index (χ2n) is 40.6. The fourth-order valence-corrected chi connectivity index (χ4v) is 30.7. The van der Waals surface area contributed by atoms with Crippen molar-refractivity contribution < 1.29 is 71.4 Å². The van der Waals surface area contributed by atoms with E-state index in [1.54, 1.807) is 0 Å². The van der Waals surface area contributed by atoms with Crippen LogP contribution in [-0.4, -0.2) is 92.8 Å². The summed E-state index contributed by atoms with van der Waals surface area (Å²) in [5.74, 6) is 18.4. The molecule has 22 rings (SSSR count). The second-order valence-corrected chi connectivity index (χ2v) is 40.6. The molecule has 0 aromatic carbocycles. The monoisotopic (exact) mass is 1500 g/mol. The van der Waals surface area contributed by atoms with Crippen LogP contribution < -0.4 is 0 Å². The van der Waals surface area contributed by atoms with Gasteiger partial charge < -0.3 is 42.6 Å². The van der Waals surface area contributed by atoms with Crippen molar-refractivity contribution in [2.24, 2.45) is 200 Å². The zero-order chi connectivity index (χ0) is 69.4. The molecule has 0 aromatic rings. The van der Waals surface area contributed by atoms with Gasteiger partial charge in [-0.05, 0) is 380 Å². The van der Waals surface area contributed by atoms with Crippen LogP contribution in [0.2, 0.25) is 0 Å². The van der Waals surface area contributed by atoms with Crippen LogP contribution in [0.15, 0.2) is 0 Å². The molecule has 0 heterocycles. The Labute approximate surface area is 647 Å². The minimum Gasteiger partial charge on any atom is -0.462 e. The van der Waals surface area contributed by atoms with Gasteiger partial charge in [0.25, 0.3) is 0 Å². The number of rotatable bonds is 21. The number of carbonyl (C=O) groups excluding carboxylic acids is 6. The summed E-state index contributed by atoms with van der Waals surface area (Å²) in [5.41, 5.74) is -0.833. The van der Waals surface area contributed by atoms with Crippen LogP contribution in [0.5, 0.6) is 0 Å². The molecule has 28 unspecified atom stereocenters. The van der Waals surface area contributed by atoms with Gasteiger partial charge in [-0.25, -0.2) is 0 Å². The number of carbonyl (C=O) groups is 6. The molecule has 15 heteroatoms. The third-order valence-corrected chi connectivity index (χ3v) is 35.2. The summed E-state index contributed by atoms with van der Waals surface area (Å²) in [4.78, 5) is 77.4. The lowest BCUT2D eigenvalue weighted by Crippen LogP contribution is -2.49. The molecule has 0 amide bonds. The normalized spacial score (nSPS) is 47.4. The van der Waals surface area contributed by atoms with Crippen LogP contribution in [0.1, 0.15) is 286 Å². The predicted octanol–water partition coefficient (Wildman–Crippen LogP) is 19.6. The van der Waals surface area contributed by atoms with Crippen molar-refractivity contribution in [1.29, 1.82) is 0 Å². The molecule has 28 atom stereocenters. The van der Waals surface area contributed by atoms with Gasteiger partial charge in [0.1, 0.15) is 18.3 Å². The third kappa shape index (κ3) is 14.5. The Hall–Kier alpha value is -3.30. The van der Waals surface area contributed by atoms with Crippen LogP contribution in [0, 0.1) is 200 Å². The van der Waals surface area contributed by atoms with Gasteiger partial charge in [0, 0.05) is 0 Å². The van der Waals surface area contributed by atoms with E-state index in [0.29, 0.717) is 137 Å². The SMILES string of the molecule is C.C.C.C.C.C.CCC(C)(C)C(=O)OC1CC2CC1C1C3CC(CC3C(=O)OCOC3C4CC5CC(C4)CC3C5)C21.CCC(C)(C)C(=O)OC1CC2CC1C1C3CC(CC3C(=O)OCOC3CC4CCC3C4)C21.CCC(C)C(=O)OC1CC2CC1C1C3CC(CC3C(=O)OCOC3C4CC5CC(C4)CC3C5)C21. The molecule has 0 N–H and O–H groups in total. The Morgan fingerprint density at radius 1 is 0.318 bits per heavy atom. The largest absolute Gasteiger partial charge is 0.462 e. The van der Waals surface area contributed by atoms with Crippen molar-refractivity contribution in [2.45, 2.75) is 323 Å². The van der Waals surface area contributed by atoms with E-state index in [0.717, 1.165) is 118 Å². The quantitative estimate of drug-likeness (QED) is 0.0457. The molecule has 22 bridgehead atoms. The highest BCUT2D eigenvalue weighted by atomic mass is 16.7. The fraction of sp³-hybridized carbons (Fsp3) is 0.935. The molecule has 107 heavy (non-hydrogen) atoms. The van der Waals surface area contributed by atoms with Crippen molar-refractivity contribution in [3.8, 4) is 0 Å². The van der Waals surface area contributed by atoms with E-state index in [1.807, 2.05) is 48.5 Å². The van der Waals surface area contributed by atoms with Crippen molar-refractivity contribution in [3.63, 3.8) is 0 Å². The van der Waals surface area contributed by atoms with Crippen LogP contribution >= 0.6 is 0 Å². The molecule has 0 aliphatic heterocycles. The van der Waals surface area contributed by atoms with Gasteiger partial charge in [-0.15, -0.1) is 0 Å². The Bertz CT molecular complexity index is 3080. The summed E-state index contributed by atoms with van der Waals surface area (Å²) < 4.78 is 54.0. The highest BCUT2D eigenvalue weighted by Gasteiger charge is 2.70. The number of esters is 6. The average molecular weight is 1500 g/mol. The molecule has 0 saturated heterocycles. The smallest absolute Gasteiger partial charge is 0.311 e. The zero-order valence-corrected chi connectivity index (χ0v) is 62.7. The highest BCUT2D eigenvalue weighted by Crippen LogP contribution is 2.73. The summed E-state index contributed by atoms with van der Waals surface area (Å²) in [6, 6.07) is 0. The molecule has 22 fully saturated rings. The van der Waals surface area contributed by atoms with Crippen molar-refractivity contribution in [2.75, 3.05) is 20.4 Å². The molecule has 22 saturated carbocycles. The maximum absolute atomic E-state index is 13.2. The summed E-state index contributed by atoms with van der Waals surface area (Å²) in [6.45, 7) is 16.5. The van der Waals surface area contributed by atoms with Crippen molar-refractivity contribution in [1.82, 2.24) is 0 Å². The number of fused-ring (bicyclic) bond motifs is 29. The molecule has 22 aliphatic carbocycles. The Morgan fingerprint density at radius 3 is 0.953 bits per heavy atom. The first-order chi connectivity index (χ1) is 48.7. The first kappa shape index (κ1) is 83.1. The fourth-order valence-electron chi connectivity index (χ4n) is 30.7. The lowest BCUT2D eigenvalue weighted by Gasteiger charge is -2.53.